The van der Waals surface area contributed by atoms with Crippen LogP contribution in [0, 0.1) is 23.2 Å². The van der Waals surface area contributed by atoms with Gasteiger partial charge in [0.2, 0.25) is 0 Å². The van der Waals surface area contributed by atoms with E-state index in [-0.39, 0.29) is 17.8 Å². The highest BCUT2D eigenvalue weighted by Gasteiger charge is 2.44. The quantitative estimate of drug-likeness (QED) is 0.543. The van der Waals surface area contributed by atoms with Gasteiger partial charge in [0.05, 0.1) is 24.2 Å². The van der Waals surface area contributed by atoms with E-state index in [0.29, 0.717) is 6.42 Å². The van der Waals surface area contributed by atoms with Crippen molar-refractivity contribution in [3.63, 3.8) is 0 Å². The zero-order chi connectivity index (χ0) is 21.1. The number of nitrogens with zero attached hydrogens (tertiary/aromatic N) is 1. The molecule has 0 heterocycles. The topological polar surface area (TPSA) is 64.2 Å². The molecule has 1 saturated carbocycles. The Labute approximate surface area is 182 Å². The van der Waals surface area contributed by atoms with E-state index in [4.69, 9.17) is 0 Å². The largest absolute Gasteiger partial charge is 0.392 e. The van der Waals surface area contributed by atoms with E-state index in [2.05, 4.69) is 45.6 Å². The summed E-state index contributed by atoms with van der Waals surface area (Å²) >= 11 is 0. The Balaban J connectivity index is 1.71. The summed E-state index contributed by atoms with van der Waals surface area (Å²) in [4.78, 5) is 0. The second-order valence-corrected chi connectivity index (χ2v) is 9.54. The monoisotopic (exact) mass is 421 g/mol. The lowest BCUT2D eigenvalue weighted by Gasteiger charge is -2.28. The first-order valence-corrected chi connectivity index (χ1v) is 12.1. The first-order chi connectivity index (χ1) is 14.6. The summed E-state index contributed by atoms with van der Waals surface area (Å²) in [7, 11) is 2.78. The number of rotatable bonds is 5. The summed E-state index contributed by atoms with van der Waals surface area (Å²) in [6.45, 7) is 0. The van der Waals surface area contributed by atoms with Crippen LogP contribution in [-0.4, -0.2) is 22.5 Å². The standard InChI is InChI=1S/C26H32NO2P/c27-16-19-15-25(29)26(23(19)14-18-6-3-5-17(13-18)11-12-30)22-9-4-8-21-20(22)7-1-2-10-24(21)28/h3-6,8-9,13,19,23-26,28-29H,1-2,7,10-12,14-15,30H2/t19-,23?,24?,25+,26?/m0/s1. The second kappa shape index (κ2) is 9.61. The summed E-state index contributed by atoms with van der Waals surface area (Å²) in [5, 5.41) is 31.5. The van der Waals surface area contributed by atoms with Crippen molar-refractivity contribution in [2.45, 2.75) is 63.1 Å². The van der Waals surface area contributed by atoms with Gasteiger partial charge in [-0.25, -0.2) is 0 Å². The molecule has 1 fully saturated rings. The molecule has 0 amide bonds. The Hall–Kier alpha value is -1.72. The number of aliphatic hydroxyl groups excluding tert-OH is 2. The molecule has 4 rings (SSSR count). The van der Waals surface area contributed by atoms with Crippen LogP contribution in [0.5, 0.6) is 0 Å². The van der Waals surface area contributed by atoms with E-state index in [1.54, 1.807) is 0 Å². The highest BCUT2D eigenvalue weighted by atomic mass is 31.0. The molecule has 4 unspecified atom stereocenters. The van der Waals surface area contributed by atoms with Gasteiger partial charge in [-0.2, -0.15) is 5.26 Å². The summed E-state index contributed by atoms with van der Waals surface area (Å²) in [6, 6.07) is 17.4. The first-order valence-electron chi connectivity index (χ1n) is 11.3. The van der Waals surface area contributed by atoms with Crippen molar-refractivity contribution in [3.8, 4) is 6.07 Å². The molecular weight excluding hydrogens is 389 g/mol. The molecule has 2 aliphatic carbocycles. The molecule has 2 aliphatic rings. The molecule has 0 radical (unpaired) electrons. The van der Waals surface area contributed by atoms with E-state index in [1.807, 2.05) is 12.1 Å². The van der Waals surface area contributed by atoms with Crippen molar-refractivity contribution in [2.75, 3.05) is 6.16 Å². The fourth-order valence-corrected chi connectivity index (χ4v) is 5.99. The molecule has 3 nitrogen and oxygen atoms in total. The fraction of sp³-hybridized carbons (Fsp3) is 0.500. The van der Waals surface area contributed by atoms with Crippen LogP contribution in [0.25, 0.3) is 0 Å². The van der Waals surface area contributed by atoms with Crippen LogP contribution in [0.2, 0.25) is 0 Å². The van der Waals surface area contributed by atoms with Gasteiger partial charge in [-0.15, -0.1) is 9.24 Å². The lowest BCUT2D eigenvalue weighted by atomic mass is 9.77. The minimum Gasteiger partial charge on any atom is -0.392 e. The molecule has 0 aromatic heterocycles. The maximum atomic E-state index is 11.1. The van der Waals surface area contributed by atoms with Crippen LogP contribution in [0.4, 0.5) is 0 Å². The molecule has 0 bridgehead atoms. The normalized spacial score (nSPS) is 28.5. The predicted octanol–water partition coefficient (Wildman–Crippen LogP) is 4.71. The molecule has 0 saturated heterocycles. The zero-order valence-corrected chi connectivity index (χ0v) is 18.7. The third-order valence-electron chi connectivity index (χ3n) is 7.07. The number of aliphatic hydroxyl groups is 2. The number of nitriles is 1. The SMILES string of the molecule is N#C[C@@H]1C[C@@H](O)C(c2cccc3c2CCCCC3O)C1Cc1cccc(CCP)c1. The minimum atomic E-state index is -0.512. The molecule has 0 spiro atoms. The fourth-order valence-electron chi connectivity index (χ4n) is 5.66. The van der Waals surface area contributed by atoms with Crippen molar-refractivity contribution >= 4 is 9.24 Å². The lowest BCUT2D eigenvalue weighted by molar-refractivity contribution is 0.152. The van der Waals surface area contributed by atoms with Gasteiger partial charge in [-0.3, -0.25) is 0 Å². The van der Waals surface area contributed by atoms with Gasteiger partial charge in [0, 0.05) is 5.92 Å². The first kappa shape index (κ1) is 21.5. The van der Waals surface area contributed by atoms with E-state index < -0.39 is 12.2 Å². The number of fused-ring (bicyclic) bond motifs is 1. The Morgan fingerprint density at radius 2 is 1.80 bits per heavy atom. The number of benzene rings is 2. The van der Waals surface area contributed by atoms with E-state index in [9.17, 15) is 15.5 Å². The molecule has 158 valence electrons. The average molecular weight is 422 g/mol. The minimum absolute atomic E-state index is 0.0553. The third kappa shape index (κ3) is 4.33. The van der Waals surface area contributed by atoms with E-state index in [1.165, 1.54) is 16.7 Å². The Bertz CT molecular complexity index is 921. The van der Waals surface area contributed by atoms with Crippen LogP contribution in [0.15, 0.2) is 42.5 Å². The van der Waals surface area contributed by atoms with Crippen molar-refractivity contribution in [1.29, 1.82) is 5.26 Å². The maximum Gasteiger partial charge on any atom is 0.0792 e. The zero-order valence-electron chi connectivity index (χ0n) is 17.5. The summed E-state index contributed by atoms with van der Waals surface area (Å²) in [6.07, 6.45) is 6.30. The molecule has 4 heteroatoms. The summed E-state index contributed by atoms with van der Waals surface area (Å²) < 4.78 is 0. The van der Waals surface area contributed by atoms with Gasteiger partial charge in [0.25, 0.3) is 0 Å². The Morgan fingerprint density at radius 3 is 2.60 bits per heavy atom. The predicted molar refractivity (Wildman–Crippen MR) is 123 cm³/mol. The number of aryl methyl sites for hydroxylation is 1. The van der Waals surface area contributed by atoms with Gasteiger partial charge in [-0.05, 0) is 78.4 Å². The average Bonchev–Trinajstić information content (AvgIpc) is 2.92. The second-order valence-electron chi connectivity index (χ2n) is 8.97. The van der Waals surface area contributed by atoms with Gasteiger partial charge < -0.3 is 10.2 Å². The molecule has 0 aliphatic heterocycles. The maximum absolute atomic E-state index is 11.1. The highest BCUT2D eigenvalue weighted by molar-refractivity contribution is 7.16. The third-order valence-corrected chi connectivity index (χ3v) is 7.36. The van der Waals surface area contributed by atoms with Crippen molar-refractivity contribution < 1.29 is 10.2 Å². The molecule has 6 atom stereocenters. The highest BCUT2D eigenvalue weighted by Crippen LogP contribution is 2.47. The van der Waals surface area contributed by atoms with Gasteiger partial charge in [-0.1, -0.05) is 48.9 Å². The number of hydrogen-bond acceptors (Lipinski definition) is 3. The van der Waals surface area contributed by atoms with E-state index >= 15 is 0 Å². The Kier molecular flexibility index (Phi) is 6.89. The number of hydrogen-bond donors (Lipinski definition) is 2. The van der Waals surface area contributed by atoms with Gasteiger partial charge >= 0.3 is 0 Å². The lowest BCUT2D eigenvalue weighted by Crippen LogP contribution is -2.22. The van der Waals surface area contributed by atoms with Crippen LogP contribution in [-0.2, 0) is 19.3 Å². The smallest absolute Gasteiger partial charge is 0.0792 e. The molecule has 2 aromatic carbocycles. The molecule has 2 aromatic rings. The van der Waals surface area contributed by atoms with Crippen LogP contribution >= 0.6 is 9.24 Å². The van der Waals surface area contributed by atoms with E-state index in [0.717, 1.165) is 55.8 Å². The van der Waals surface area contributed by atoms with Crippen LogP contribution < -0.4 is 0 Å². The van der Waals surface area contributed by atoms with Crippen molar-refractivity contribution in [1.82, 2.24) is 0 Å². The van der Waals surface area contributed by atoms with Crippen LogP contribution in [0.3, 0.4) is 0 Å². The molecule has 30 heavy (non-hydrogen) atoms. The van der Waals surface area contributed by atoms with Crippen molar-refractivity contribution in [3.05, 3.63) is 70.3 Å². The Morgan fingerprint density at radius 1 is 1.03 bits per heavy atom. The summed E-state index contributed by atoms with van der Waals surface area (Å²) in [5.41, 5.74) is 5.97. The van der Waals surface area contributed by atoms with Crippen molar-refractivity contribution in [2.24, 2.45) is 11.8 Å². The molecular formula is C26H32NO2P. The molecule has 2 N–H and O–H groups in total. The van der Waals surface area contributed by atoms with Crippen LogP contribution in [0.1, 0.15) is 65.5 Å². The van der Waals surface area contributed by atoms with Gasteiger partial charge in [0.1, 0.15) is 0 Å². The summed E-state index contributed by atoms with van der Waals surface area (Å²) in [5.74, 6) is -0.120. The van der Waals surface area contributed by atoms with Gasteiger partial charge in [0.15, 0.2) is 0 Å².